The van der Waals surface area contributed by atoms with Gasteiger partial charge in [-0.3, -0.25) is 4.79 Å². The molecule has 1 fully saturated rings. The van der Waals surface area contributed by atoms with Gasteiger partial charge in [-0.1, -0.05) is 12.1 Å². The molecule has 7 heteroatoms. The molecule has 3 N–H and O–H groups in total. The molecule has 1 aromatic carbocycles. The van der Waals surface area contributed by atoms with E-state index in [0.29, 0.717) is 12.8 Å². The first-order valence-electron chi connectivity index (χ1n) is 8.00. The van der Waals surface area contributed by atoms with E-state index in [2.05, 4.69) is 24.1 Å². The maximum absolute atomic E-state index is 12.1. The smallest absolute Gasteiger partial charge is 0.224 e. The van der Waals surface area contributed by atoms with Gasteiger partial charge in [0.25, 0.3) is 0 Å². The second kappa shape index (κ2) is 10.8. The molecule has 5 nitrogen and oxygen atoms in total. The van der Waals surface area contributed by atoms with Gasteiger partial charge >= 0.3 is 0 Å². The second-order valence-electron chi connectivity index (χ2n) is 6.24. The number of amides is 1. The normalized spacial score (nSPS) is 21.2. The lowest BCUT2D eigenvalue weighted by Gasteiger charge is -2.37. The van der Waals surface area contributed by atoms with E-state index in [1.165, 1.54) is 0 Å². The highest BCUT2D eigenvalue weighted by Crippen LogP contribution is 2.28. The fourth-order valence-corrected chi connectivity index (χ4v) is 2.80. The number of hydrogen-bond donors (Lipinski definition) is 2. The van der Waals surface area contributed by atoms with Crippen molar-refractivity contribution in [2.75, 3.05) is 23.3 Å². The number of ether oxygens (including phenoxy) is 1. The maximum Gasteiger partial charge on any atom is 0.224 e. The molecule has 138 valence electrons. The predicted molar refractivity (Wildman–Crippen MR) is 105 cm³/mol. The average Bonchev–Trinajstić information content (AvgIpc) is 2.44. The first-order chi connectivity index (χ1) is 10.5. The van der Waals surface area contributed by atoms with Crippen molar-refractivity contribution in [2.45, 2.75) is 51.9 Å². The molecular weight excluding hydrogens is 349 g/mol. The van der Waals surface area contributed by atoms with Gasteiger partial charge in [-0.2, -0.15) is 0 Å². The largest absolute Gasteiger partial charge is 0.372 e. The molecule has 1 aliphatic rings. The molecule has 0 aliphatic carbocycles. The summed E-state index contributed by atoms with van der Waals surface area (Å²) in [6.07, 6.45) is 1.51. The van der Waals surface area contributed by atoms with E-state index in [9.17, 15) is 4.79 Å². The molecule has 1 heterocycles. The number of carbonyl (C=O) groups is 1. The minimum atomic E-state index is 0. The highest BCUT2D eigenvalue weighted by atomic mass is 35.5. The molecule has 1 saturated heterocycles. The fourth-order valence-electron chi connectivity index (χ4n) is 2.80. The SMILES string of the molecule is CC(N)CCC(=O)Nc1ccccc1N1CC(C)OC(C)C1.Cl.Cl. The molecule has 1 amide bonds. The van der Waals surface area contributed by atoms with E-state index in [-0.39, 0.29) is 49.0 Å². The van der Waals surface area contributed by atoms with E-state index in [1.807, 2.05) is 31.2 Å². The number of benzene rings is 1. The molecule has 24 heavy (non-hydrogen) atoms. The van der Waals surface area contributed by atoms with Gasteiger partial charge in [0.1, 0.15) is 0 Å². The van der Waals surface area contributed by atoms with Crippen molar-refractivity contribution < 1.29 is 9.53 Å². The van der Waals surface area contributed by atoms with Gasteiger partial charge in [-0.15, -0.1) is 24.8 Å². The fraction of sp³-hybridized carbons (Fsp3) is 0.588. The summed E-state index contributed by atoms with van der Waals surface area (Å²) in [7, 11) is 0. The number of para-hydroxylation sites is 2. The van der Waals surface area contributed by atoms with E-state index in [0.717, 1.165) is 24.5 Å². The highest BCUT2D eigenvalue weighted by molar-refractivity contribution is 5.94. The molecule has 0 aromatic heterocycles. The number of nitrogens with two attached hydrogens (primary N) is 1. The zero-order valence-corrected chi connectivity index (χ0v) is 16.2. The van der Waals surface area contributed by atoms with Crippen molar-refractivity contribution in [3.8, 4) is 0 Å². The summed E-state index contributed by atoms with van der Waals surface area (Å²) < 4.78 is 5.78. The van der Waals surface area contributed by atoms with E-state index in [1.54, 1.807) is 0 Å². The summed E-state index contributed by atoms with van der Waals surface area (Å²) in [6.45, 7) is 7.73. The van der Waals surface area contributed by atoms with Crippen molar-refractivity contribution in [1.82, 2.24) is 0 Å². The molecule has 3 atom stereocenters. The Morgan fingerprint density at radius 3 is 2.46 bits per heavy atom. The minimum Gasteiger partial charge on any atom is -0.372 e. The number of hydrogen-bond acceptors (Lipinski definition) is 4. The standard InChI is InChI=1S/C17H27N3O2.2ClH/c1-12(18)8-9-17(21)19-15-6-4-5-7-16(15)20-10-13(2)22-14(3)11-20;;/h4-7,12-14H,8-11,18H2,1-3H3,(H,19,21);2*1H. The molecule has 0 saturated carbocycles. The number of halogens is 2. The van der Waals surface area contributed by atoms with Gasteiger partial charge in [0.15, 0.2) is 0 Å². The molecule has 2 rings (SSSR count). The maximum atomic E-state index is 12.1. The van der Waals surface area contributed by atoms with Gasteiger partial charge in [-0.25, -0.2) is 0 Å². The van der Waals surface area contributed by atoms with Crippen molar-refractivity contribution in [1.29, 1.82) is 0 Å². The van der Waals surface area contributed by atoms with Crippen LogP contribution in [0.3, 0.4) is 0 Å². The minimum absolute atomic E-state index is 0. The van der Waals surface area contributed by atoms with E-state index >= 15 is 0 Å². The third-order valence-corrected chi connectivity index (χ3v) is 3.77. The molecule has 0 spiro atoms. The third-order valence-electron chi connectivity index (χ3n) is 3.77. The van der Waals surface area contributed by atoms with Crippen LogP contribution in [-0.2, 0) is 9.53 Å². The summed E-state index contributed by atoms with van der Waals surface area (Å²) in [6, 6.07) is 7.98. The van der Waals surface area contributed by atoms with Crippen molar-refractivity contribution in [2.24, 2.45) is 5.73 Å². The van der Waals surface area contributed by atoms with Crippen molar-refractivity contribution in [3.05, 3.63) is 24.3 Å². The Morgan fingerprint density at radius 1 is 1.29 bits per heavy atom. The first-order valence-corrected chi connectivity index (χ1v) is 8.00. The van der Waals surface area contributed by atoms with Crippen LogP contribution in [0.1, 0.15) is 33.6 Å². The molecule has 3 unspecified atom stereocenters. The summed E-state index contributed by atoms with van der Waals surface area (Å²) in [5, 5.41) is 3.02. The van der Waals surface area contributed by atoms with Crippen LogP contribution in [0.25, 0.3) is 0 Å². The molecular formula is C17H29Cl2N3O2. The monoisotopic (exact) mass is 377 g/mol. The number of nitrogens with zero attached hydrogens (tertiary/aromatic N) is 1. The van der Waals surface area contributed by atoms with E-state index in [4.69, 9.17) is 10.5 Å². The first kappa shape index (κ1) is 23.0. The quantitative estimate of drug-likeness (QED) is 0.826. The number of nitrogens with one attached hydrogen (secondary N) is 1. The summed E-state index contributed by atoms with van der Waals surface area (Å²) in [5.41, 5.74) is 7.62. The van der Waals surface area contributed by atoms with E-state index < -0.39 is 0 Å². The zero-order chi connectivity index (χ0) is 16.1. The highest BCUT2D eigenvalue weighted by Gasteiger charge is 2.24. The van der Waals surface area contributed by atoms with Crippen molar-refractivity contribution >= 4 is 42.1 Å². The molecule has 0 bridgehead atoms. The Hall–Kier alpha value is -1.01. The Balaban J connectivity index is 0.00000264. The summed E-state index contributed by atoms with van der Waals surface area (Å²) in [5.74, 6) is 0.0131. The van der Waals surface area contributed by atoms with Gasteiger partial charge in [0, 0.05) is 25.6 Å². The van der Waals surface area contributed by atoms with Crippen LogP contribution in [0.5, 0.6) is 0 Å². The van der Waals surface area contributed by atoms with Gasteiger partial charge in [0.05, 0.1) is 23.6 Å². The third kappa shape index (κ3) is 6.85. The summed E-state index contributed by atoms with van der Waals surface area (Å²) >= 11 is 0. The van der Waals surface area contributed by atoms with Crippen LogP contribution in [0.4, 0.5) is 11.4 Å². The predicted octanol–water partition coefficient (Wildman–Crippen LogP) is 3.21. The topological polar surface area (TPSA) is 67.6 Å². The lowest BCUT2D eigenvalue weighted by molar-refractivity contribution is -0.116. The Bertz CT molecular complexity index is 504. The van der Waals surface area contributed by atoms with Crippen LogP contribution in [-0.4, -0.2) is 37.2 Å². The van der Waals surface area contributed by atoms with Crippen LogP contribution in [0.2, 0.25) is 0 Å². The van der Waals surface area contributed by atoms with Gasteiger partial charge in [0.2, 0.25) is 5.91 Å². The van der Waals surface area contributed by atoms with Crippen LogP contribution in [0, 0.1) is 0 Å². The molecule has 0 radical (unpaired) electrons. The number of carbonyl (C=O) groups excluding carboxylic acids is 1. The lowest BCUT2D eigenvalue weighted by Crippen LogP contribution is -2.45. The second-order valence-corrected chi connectivity index (χ2v) is 6.24. The van der Waals surface area contributed by atoms with Crippen LogP contribution in [0.15, 0.2) is 24.3 Å². The lowest BCUT2D eigenvalue weighted by atomic mass is 10.1. The van der Waals surface area contributed by atoms with Crippen LogP contribution >= 0.6 is 24.8 Å². The molecule has 1 aliphatic heterocycles. The number of morpholine rings is 1. The molecule has 1 aromatic rings. The number of rotatable bonds is 5. The Morgan fingerprint density at radius 2 is 1.88 bits per heavy atom. The Labute approximate surface area is 157 Å². The van der Waals surface area contributed by atoms with Crippen molar-refractivity contribution in [3.63, 3.8) is 0 Å². The average molecular weight is 378 g/mol. The van der Waals surface area contributed by atoms with Crippen LogP contribution < -0.4 is 16.0 Å². The Kier molecular flexibility index (Phi) is 10.3. The number of anilines is 2. The summed E-state index contributed by atoms with van der Waals surface area (Å²) in [4.78, 5) is 14.3. The zero-order valence-electron chi connectivity index (χ0n) is 14.5. The van der Waals surface area contributed by atoms with Gasteiger partial charge in [-0.05, 0) is 39.3 Å². The van der Waals surface area contributed by atoms with Gasteiger partial charge < -0.3 is 20.7 Å².